The highest BCUT2D eigenvalue weighted by Gasteiger charge is 2.35. The summed E-state index contributed by atoms with van der Waals surface area (Å²) < 4.78 is 0. The van der Waals surface area contributed by atoms with Gasteiger partial charge in [-0.05, 0) is 47.4 Å². The molecule has 36 heavy (non-hydrogen) atoms. The first kappa shape index (κ1) is 24.5. The molecule has 1 aliphatic rings. The zero-order valence-electron chi connectivity index (χ0n) is 20.7. The standard InChI is InChI=1S/C30H33ClN4O/c1-2-3-9-25-20-34(30(36)27-11-6-8-23-7-4-5-10-26(23)27)16-17-35(25)29(28-19-32-21-33-28)18-22-12-14-24(31)15-13-22/h4-8,10-15,19,21,25,29H,2-3,9,16-18,20H2,1H3,(H,32,33). The number of amides is 1. The van der Waals surface area contributed by atoms with Crippen LogP contribution in [-0.4, -0.2) is 51.4 Å². The van der Waals surface area contributed by atoms with E-state index in [2.05, 4.69) is 51.0 Å². The van der Waals surface area contributed by atoms with Gasteiger partial charge in [0.05, 0.1) is 18.1 Å². The molecule has 0 radical (unpaired) electrons. The summed E-state index contributed by atoms with van der Waals surface area (Å²) in [4.78, 5) is 26.1. The van der Waals surface area contributed by atoms with Crippen molar-refractivity contribution in [3.63, 3.8) is 0 Å². The van der Waals surface area contributed by atoms with E-state index in [0.29, 0.717) is 6.54 Å². The molecule has 1 aliphatic heterocycles. The first-order valence-electron chi connectivity index (χ1n) is 12.9. The molecule has 1 aromatic heterocycles. The third-order valence-electron chi connectivity index (χ3n) is 7.35. The number of rotatable bonds is 8. The number of benzene rings is 3. The molecule has 1 N–H and O–H groups in total. The van der Waals surface area contributed by atoms with Gasteiger partial charge < -0.3 is 9.88 Å². The van der Waals surface area contributed by atoms with E-state index in [1.165, 1.54) is 5.56 Å². The lowest BCUT2D eigenvalue weighted by molar-refractivity contribution is 0.0277. The number of piperazine rings is 1. The highest BCUT2D eigenvalue weighted by molar-refractivity contribution is 6.30. The van der Waals surface area contributed by atoms with Crippen molar-refractivity contribution in [2.45, 2.75) is 44.7 Å². The first-order chi connectivity index (χ1) is 17.6. The van der Waals surface area contributed by atoms with Crippen LogP contribution < -0.4 is 0 Å². The van der Waals surface area contributed by atoms with Crippen molar-refractivity contribution in [3.8, 4) is 0 Å². The van der Waals surface area contributed by atoms with E-state index < -0.39 is 0 Å². The Morgan fingerprint density at radius 2 is 1.89 bits per heavy atom. The van der Waals surface area contributed by atoms with Crippen LogP contribution in [0.25, 0.3) is 10.8 Å². The number of carbonyl (C=O) groups excluding carboxylic acids is 1. The molecule has 5 rings (SSSR count). The van der Waals surface area contributed by atoms with Crippen LogP contribution in [0.5, 0.6) is 0 Å². The predicted octanol–water partition coefficient (Wildman–Crippen LogP) is 6.52. The van der Waals surface area contributed by atoms with Crippen LogP contribution >= 0.6 is 11.6 Å². The number of halogens is 1. The van der Waals surface area contributed by atoms with E-state index in [9.17, 15) is 4.79 Å². The van der Waals surface area contributed by atoms with E-state index >= 15 is 0 Å². The molecule has 2 unspecified atom stereocenters. The molecule has 0 saturated carbocycles. The molecule has 1 amide bonds. The van der Waals surface area contributed by atoms with Crippen molar-refractivity contribution in [1.82, 2.24) is 19.8 Å². The zero-order valence-corrected chi connectivity index (χ0v) is 21.5. The molecular formula is C30H33ClN4O. The van der Waals surface area contributed by atoms with Crippen LogP contribution in [0, 0.1) is 0 Å². The second-order valence-corrected chi connectivity index (χ2v) is 10.1. The Morgan fingerprint density at radius 1 is 1.08 bits per heavy atom. The molecule has 1 saturated heterocycles. The topological polar surface area (TPSA) is 52.2 Å². The van der Waals surface area contributed by atoms with Crippen LogP contribution in [0.4, 0.5) is 0 Å². The summed E-state index contributed by atoms with van der Waals surface area (Å²) in [5.41, 5.74) is 3.14. The van der Waals surface area contributed by atoms with Gasteiger partial charge in [0.2, 0.25) is 0 Å². The summed E-state index contributed by atoms with van der Waals surface area (Å²) in [6, 6.07) is 22.7. The van der Waals surface area contributed by atoms with Gasteiger partial charge in [-0.2, -0.15) is 0 Å². The van der Waals surface area contributed by atoms with Gasteiger partial charge in [0, 0.05) is 42.5 Å². The number of fused-ring (bicyclic) bond motifs is 1. The van der Waals surface area contributed by atoms with E-state index in [4.69, 9.17) is 11.6 Å². The number of imidazole rings is 1. The number of carbonyl (C=O) groups is 1. The minimum atomic E-state index is 0.128. The Kier molecular flexibility index (Phi) is 7.69. The number of H-pyrrole nitrogens is 1. The van der Waals surface area contributed by atoms with E-state index in [-0.39, 0.29) is 18.0 Å². The smallest absolute Gasteiger partial charge is 0.254 e. The minimum Gasteiger partial charge on any atom is -0.347 e. The molecule has 5 nitrogen and oxygen atoms in total. The number of nitrogens with one attached hydrogen (secondary N) is 1. The first-order valence-corrected chi connectivity index (χ1v) is 13.3. The molecule has 4 aromatic rings. The van der Waals surface area contributed by atoms with Gasteiger partial charge in [-0.3, -0.25) is 9.69 Å². The van der Waals surface area contributed by atoms with Gasteiger partial charge in [-0.25, -0.2) is 4.98 Å². The summed E-state index contributed by atoms with van der Waals surface area (Å²) in [5, 5.41) is 2.88. The quantitative estimate of drug-likeness (QED) is 0.300. The lowest BCUT2D eigenvalue weighted by Gasteiger charge is -2.45. The molecule has 3 aromatic carbocycles. The van der Waals surface area contributed by atoms with Crippen molar-refractivity contribution >= 4 is 28.3 Å². The molecule has 186 valence electrons. The van der Waals surface area contributed by atoms with Crippen LogP contribution in [-0.2, 0) is 6.42 Å². The number of nitrogens with zero attached hydrogens (tertiary/aromatic N) is 3. The summed E-state index contributed by atoms with van der Waals surface area (Å²) in [6.07, 6.45) is 7.87. The summed E-state index contributed by atoms with van der Waals surface area (Å²) in [5.74, 6) is 0.128. The largest absolute Gasteiger partial charge is 0.347 e. The van der Waals surface area contributed by atoms with Gasteiger partial charge in [-0.15, -0.1) is 0 Å². The number of hydrogen-bond donors (Lipinski definition) is 1. The molecule has 2 atom stereocenters. The monoisotopic (exact) mass is 500 g/mol. The summed E-state index contributed by atoms with van der Waals surface area (Å²) >= 11 is 6.15. The number of aromatic nitrogens is 2. The fraction of sp³-hybridized carbons (Fsp3) is 0.333. The average molecular weight is 501 g/mol. The Labute approximate surface area is 218 Å². The molecule has 0 spiro atoms. The molecule has 0 bridgehead atoms. The van der Waals surface area contributed by atoms with Gasteiger partial charge in [-0.1, -0.05) is 79.9 Å². The normalized spacial score (nSPS) is 17.4. The maximum Gasteiger partial charge on any atom is 0.254 e. The zero-order chi connectivity index (χ0) is 24.9. The lowest BCUT2D eigenvalue weighted by atomic mass is 9.96. The van der Waals surface area contributed by atoms with Crippen molar-refractivity contribution in [2.24, 2.45) is 0 Å². The second-order valence-electron chi connectivity index (χ2n) is 9.67. The molecule has 2 heterocycles. The van der Waals surface area contributed by atoms with Crippen LogP contribution in [0.15, 0.2) is 79.3 Å². The van der Waals surface area contributed by atoms with Crippen LogP contribution in [0.2, 0.25) is 5.02 Å². The van der Waals surface area contributed by atoms with E-state index in [1.807, 2.05) is 48.7 Å². The Hall–Kier alpha value is -3.15. The number of hydrogen-bond acceptors (Lipinski definition) is 3. The highest BCUT2D eigenvalue weighted by Crippen LogP contribution is 2.31. The molecular weight excluding hydrogens is 468 g/mol. The van der Waals surface area contributed by atoms with Crippen molar-refractivity contribution in [3.05, 3.63) is 101 Å². The maximum absolute atomic E-state index is 13.7. The summed E-state index contributed by atoms with van der Waals surface area (Å²) in [7, 11) is 0. The minimum absolute atomic E-state index is 0.128. The number of unbranched alkanes of at least 4 members (excludes halogenated alkanes) is 1. The van der Waals surface area contributed by atoms with Crippen molar-refractivity contribution in [2.75, 3.05) is 19.6 Å². The maximum atomic E-state index is 13.7. The fourth-order valence-electron chi connectivity index (χ4n) is 5.44. The van der Waals surface area contributed by atoms with Gasteiger partial charge in [0.1, 0.15) is 0 Å². The van der Waals surface area contributed by atoms with Gasteiger partial charge in [0.25, 0.3) is 5.91 Å². The molecule has 0 aliphatic carbocycles. The van der Waals surface area contributed by atoms with Crippen molar-refractivity contribution < 1.29 is 4.79 Å². The predicted molar refractivity (Wildman–Crippen MR) is 146 cm³/mol. The van der Waals surface area contributed by atoms with E-state index in [1.54, 1.807) is 6.33 Å². The Morgan fingerprint density at radius 3 is 2.67 bits per heavy atom. The summed E-state index contributed by atoms with van der Waals surface area (Å²) in [6.45, 7) is 4.48. The SMILES string of the molecule is CCCCC1CN(C(=O)c2cccc3ccccc23)CCN1C(Cc1ccc(Cl)cc1)c1cnc[nH]1. The van der Waals surface area contributed by atoms with Crippen LogP contribution in [0.1, 0.15) is 53.8 Å². The third-order valence-corrected chi connectivity index (χ3v) is 7.60. The number of aromatic amines is 1. The highest BCUT2D eigenvalue weighted by atomic mass is 35.5. The third kappa shape index (κ3) is 5.32. The van der Waals surface area contributed by atoms with Crippen molar-refractivity contribution in [1.29, 1.82) is 0 Å². The Balaban J connectivity index is 1.41. The Bertz CT molecular complexity index is 1280. The van der Waals surface area contributed by atoms with Gasteiger partial charge in [0.15, 0.2) is 0 Å². The van der Waals surface area contributed by atoms with E-state index in [0.717, 1.165) is 65.8 Å². The fourth-order valence-corrected chi connectivity index (χ4v) is 5.57. The van der Waals surface area contributed by atoms with Gasteiger partial charge >= 0.3 is 0 Å². The molecule has 1 fully saturated rings. The lowest BCUT2D eigenvalue weighted by Crippen LogP contribution is -2.56. The second kappa shape index (κ2) is 11.3. The average Bonchev–Trinajstić information content (AvgIpc) is 3.46. The molecule has 6 heteroatoms. The van der Waals surface area contributed by atoms with Crippen LogP contribution in [0.3, 0.4) is 0 Å².